The van der Waals surface area contributed by atoms with Gasteiger partial charge in [0.15, 0.2) is 0 Å². The minimum absolute atomic E-state index is 0.0764. The highest BCUT2D eigenvalue weighted by molar-refractivity contribution is 5.95. The zero-order chi connectivity index (χ0) is 6.57. The fraction of sp³-hybridized carbons (Fsp3) is 0.500. The molecular weight excluding hydrogens is 105 g/mol. The van der Waals surface area contributed by atoms with Crippen LogP contribution in [0.3, 0.4) is 0 Å². The average molecular weight is 115 g/mol. The van der Waals surface area contributed by atoms with Gasteiger partial charge in [-0.3, -0.25) is 0 Å². The van der Waals surface area contributed by atoms with Crippen molar-refractivity contribution in [1.82, 2.24) is 0 Å². The molecule has 0 aromatic heterocycles. The first-order valence-corrected chi connectivity index (χ1v) is 2.62. The summed E-state index contributed by atoms with van der Waals surface area (Å²) >= 11 is 0. The molecule has 0 atom stereocenters. The van der Waals surface area contributed by atoms with Crippen LogP contribution in [0.4, 0.5) is 4.39 Å². The van der Waals surface area contributed by atoms with Gasteiger partial charge in [0.2, 0.25) is 0 Å². The number of halogens is 1. The van der Waals surface area contributed by atoms with E-state index in [1.54, 1.807) is 13.8 Å². The van der Waals surface area contributed by atoms with Crippen molar-refractivity contribution in [1.29, 1.82) is 5.41 Å². The Morgan fingerprint density at radius 3 is 2.38 bits per heavy atom. The van der Waals surface area contributed by atoms with Crippen LogP contribution in [0.5, 0.6) is 0 Å². The lowest BCUT2D eigenvalue weighted by atomic mass is 10.2. The van der Waals surface area contributed by atoms with E-state index >= 15 is 0 Å². The molecule has 0 radical (unpaired) electrons. The van der Waals surface area contributed by atoms with Crippen LogP contribution < -0.4 is 0 Å². The van der Waals surface area contributed by atoms with Gasteiger partial charge in [-0.15, -0.1) is 0 Å². The fourth-order valence-corrected chi connectivity index (χ4v) is 0.343. The molecule has 0 saturated carbocycles. The van der Waals surface area contributed by atoms with Gasteiger partial charge in [0.25, 0.3) is 0 Å². The molecule has 0 heterocycles. The van der Waals surface area contributed by atoms with Crippen LogP contribution in [0.15, 0.2) is 11.9 Å². The highest BCUT2D eigenvalue weighted by Gasteiger charge is 1.96. The summed E-state index contributed by atoms with van der Waals surface area (Å²) in [6.07, 6.45) is 1.77. The molecule has 0 aliphatic rings. The predicted octanol–water partition coefficient (Wildman–Crippen LogP) is 2.29. The summed E-state index contributed by atoms with van der Waals surface area (Å²) in [5.74, 6) is -0.410. The first-order valence-electron chi connectivity index (χ1n) is 2.62. The Labute approximate surface area is 48.7 Å². The molecule has 0 aliphatic carbocycles. The van der Waals surface area contributed by atoms with Gasteiger partial charge >= 0.3 is 0 Å². The van der Waals surface area contributed by atoms with Gasteiger partial charge in [-0.25, -0.2) is 4.39 Å². The lowest BCUT2D eigenvalue weighted by molar-refractivity contribution is 0.673. The van der Waals surface area contributed by atoms with Crippen LogP contribution in [0.2, 0.25) is 0 Å². The second kappa shape index (κ2) is 3.36. The normalized spacial score (nSPS) is 11.6. The predicted molar refractivity (Wildman–Crippen MR) is 32.9 cm³/mol. The van der Waals surface area contributed by atoms with E-state index in [1.807, 2.05) is 0 Å². The zero-order valence-corrected chi connectivity index (χ0v) is 5.16. The molecule has 46 valence electrons. The molecule has 0 amide bonds. The third kappa shape index (κ3) is 1.87. The summed E-state index contributed by atoms with van der Waals surface area (Å²) in [5, 5.41) is 6.90. The van der Waals surface area contributed by atoms with Crippen molar-refractivity contribution in [3.05, 3.63) is 11.9 Å². The van der Waals surface area contributed by atoms with Gasteiger partial charge in [0.1, 0.15) is 5.83 Å². The summed E-state index contributed by atoms with van der Waals surface area (Å²) < 4.78 is 12.2. The van der Waals surface area contributed by atoms with Crippen LogP contribution in [-0.2, 0) is 0 Å². The van der Waals surface area contributed by atoms with Crippen LogP contribution >= 0.6 is 0 Å². The summed E-state index contributed by atoms with van der Waals surface area (Å²) in [5.41, 5.74) is 0.0764. The maximum Gasteiger partial charge on any atom is 0.139 e. The Morgan fingerprint density at radius 2 is 2.25 bits per heavy atom. The Hall–Kier alpha value is -0.660. The number of hydrogen-bond donors (Lipinski definition) is 1. The minimum Gasteiger partial charge on any atom is -0.302 e. The summed E-state index contributed by atoms with van der Waals surface area (Å²) in [7, 11) is 0. The molecule has 0 saturated heterocycles. The molecule has 0 rings (SSSR count). The molecule has 0 aromatic rings. The van der Waals surface area contributed by atoms with Crippen molar-refractivity contribution in [3.8, 4) is 0 Å². The Balaban J connectivity index is 3.83. The standard InChI is InChI=1S/C6H10FN/c1-3-5(7)6(8)4-2/h3,8H,4H2,1-2H3/b5-3+,8-6?. The molecule has 2 heteroatoms. The van der Waals surface area contributed by atoms with Gasteiger partial charge in [-0.05, 0) is 19.4 Å². The van der Waals surface area contributed by atoms with Gasteiger partial charge in [-0.1, -0.05) is 6.92 Å². The number of nitrogens with one attached hydrogen (secondary N) is 1. The summed E-state index contributed by atoms with van der Waals surface area (Å²) in [6.45, 7) is 3.34. The quantitative estimate of drug-likeness (QED) is 0.534. The van der Waals surface area contributed by atoms with Crippen molar-refractivity contribution in [2.24, 2.45) is 0 Å². The van der Waals surface area contributed by atoms with E-state index < -0.39 is 5.83 Å². The van der Waals surface area contributed by atoms with Gasteiger partial charge in [0.05, 0.1) is 5.71 Å². The van der Waals surface area contributed by atoms with Gasteiger partial charge < -0.3 is 5.41 Å². The SMILES string of the molecule is C/C=C(/F)C(=N)CC. The molecule has 0 spiro atoms. The smallest absolute Gasteiger partial charge is 0.139 e. The zero-order valence-electron chi connectivity index (χ0n) is 5.16. The van der Waals surface area contributed by atoms with Gasteiger partial charge in [-0.2, -0.15) is 0 Å². The first-order chi connectivity index (χ1) is 3.72. The van der Waals surface area contributed by atoms with Gasteiger partial charge in [0, 0.05) is 0 Å². The highest BCUT2D eigenvalue weighted by Crippen LogP contribution is 1.99. The Kier molecular flexibility index (Phi) is 3.08. The van der Waals surface area contributed by atoms with Crippen LogP contribution in [-0.4, -0.2) is 5.71 Å². The van der Waals surface area contributed by atoms with E-state index in [0.717, 1.165) is 0 Å². The van der Waals surface area contributed by atoms with E-state index in [4.69, 9.17) is 5.41 Å². The molecule has 0 bridgehead atoms. The van der Waals surface area contributed by atoms with E-state index in [9.17, 15) is 4.39 Å². The van der Waals surface area contributed by atoms with Crippen molar-refractivity contribution in [2.45, 2.75) is 20.3 Å². The van der Waals surface area contributed by atoms with Crippen molar-refractivity contribution < 1.29 is 4.39 Å². The maximum absolute atomic E-state index is 12.2. The molecule has 0 aliphatic heterocycles. The molecule has 1 N–H and O–H groups in total. The Bertz CT molecular complexity index is 116. The van der Waals surface area contributed by atoms with E-state index in [-0.39, 0.29) is 5.71 Å². The fourth-order valence-electron chi connectivity index (χ4n) is 0.343. The van der Waals surface area contributed by atoms with Crippen LogP contribution in [0.25, 0.3) is 0 Å². The van der Waals surface area contributed by atoms with Crippen LogP contribution in [0.1, 0.15) is 20.3 Å². The average Bonchev–Trinajstić information content (AvgIpc) is 1.84. The van der Waals surface area contributed by atoms with E-state index in [2.05, 4.69) is 0 Å². The number of hydrogen-bond acceptors (Lipinski definition) is 1. The van der Waals surface area contributed by atoms with Crippen molar-refractivity contribution in [2.75, 3.05) is 0 Å². The summed E-state index contributed by atoms with van der Waals surface area (Å²) in [4.78, 5) is 0. The number of allylic oxidation sites excluding steroid dienone is 2. The Morgan fingerprint density at radius 1 is 1.75 bits per heavy atom. The molecule has 1 nitrogen and oxygen atoms in total. The summed E-state index contributed by atoms with van der Waals surface area (Å²) in [6, 6.07) is 0. The maximum atomic E-state index is 12.2. The van der Waals surface area contributed by atoms with E-state index in [1.165, 1.54) is 6.08 Å². The molecule has 0 unspecified atom stereocenters. The highest BCUT2D eigenvalue weighted by atomic mass is 19.1. The van der Waals surface area contributed by atoms with Crippen LogP contribution in [0, 0.1) is 5.41 Å². The minimum atomic E-state index is -0.410. The molecular formula is C6H10FN. The third-order valence-electron chi connectivity index (χ3n) is 0.895. The first kappa shape index (κ1) is 7.34. The lowest BCUT2D eigenvalue weighted by Crippen LogP contribution is -1.92. The molecule has 8 heavy (non-hydrogen) atoms. The van der Waals surface area contributed by atoms with Crippen molar-refractivity contribution >= 4 is 5.71 Å². The largest absolute Gasteiger partial charge is 0.302 e. The molecule has 0 fully saturated rings. The third-order valence-corrected chi connectivity index (χ3v) is 0.895. The number of rotatable bonds is 2. The topological polar surface area (TPSA) is 23.9 Å². The van der Waals surface area contributed by atoms with E-state index in [0.29, 0.717) is 6.42 Å². The second-order valence-electron chi connectivity index (χ2n) is 1.47. The monoisotopic (exact) mass is 115 g/mol. The lowest BCUT2D eigenvalue weighted by Gasteiger charge is -1.91. The second-order valence-corrected chi connectivity index (χ2v) is 1.47. The van der Waals surface area contributed by atoms with Crippen molar-refractivity contribution in [3.63, 3.8) is 0 Å². The molecule has 0 aromatic carbocycles.